The van der Waals surface area contributed by atoms with Crippen LogP contribution < -0.4 is 11.1 Å². The highest BCUT2D eigenvalue weighted by Gasteiger charge is 2.27. The minimum absolute atomic E-state index is 0.00677. The van der Waals surface area contributed by atoms with Gasteiger partial charge in [-0.25, -0.2) is 0 Å². The van der Waals surface area contributed by atoms with Gasteiger partial charge < -0.3 is 21.1 Å². The van der Waals surface area contributed by atoms with Crippen LogP contribution >= 0.6 is 0 Å². The summed E-state index contributed by atoms with van der Waals surface area (Å²) >= 11 is 0. The lowest BCUT2D eigenvalue weighted by molar-refractivity contribution is -0.136. The lowest BCUT2D eigenvalue weighted by Crippen LogP contribution is -2.46. The summed E-state index contributed by atoms with van der Waals surface area (Å²) in [4.78, 5) is 25.0. The monoisotopic (exact) mass is 277 g/mol. The van der Waals surface area contributed by atoms with Gasteiger partial charge in [-0.1, -0.05) is 12.1 Å². The number of rotatable bonds is 5. The largest absolute Gasteiger partial charge is 0.508 e. The zero-order valence-corrected chi connectivity index (χ0v) is 11.2. The van der Waals surface area contributed by atoms with Gasteiger partial charge in [0.2, 0.25) is 11.8 Å². The maximum absolute atomic E-state index is 12.4. The van der Waals surface area contributed by atoms with Crippen molar-refractivity contribution < 1.29 is 14.7 Å². The van der Waals surface area contributed by atoms with E-state index in [1.165, 1.54) is 4.90 Å². The smallest absolute Gasteiger partial charge is 0.237 e. The predicted molar refractivity (Wildman–Crippen MR) is 74.0 cm³/mol. The number of phenolic OH excluding ortho intramolecular Hbond substituents is 1. The van der Waals surface area contributed by atoms with Crippen LogP contribution in [-0.2, 0) is 16.0 Å². The molecule has 4 N–H and O–H groups in total. The molecular formula is C14H19N3O3. The Hall–Kier alpha value is -2.08. The SMILES string of the molecule is NC(=O)CN(C(=O)Cc1cccc(O)c1)C1CCNC1. The fraction of sp³-hybridized carbons (Fsp3) is 0.429. The first-order chi connectivity index (χ1) is 9.56. The van der Waals surface area contributed by atoms with Gasteiger partial charge in [0.1, 0.15) is 5.75 Å². The molecule has 2 amide bonds. The van der Waals surface area contributed by atoms with Crippen molar-refractivity contribution in [2.45, 2.75) is 18.9 Å². The van der Waals surface area contributed by atoms with E-state index in [9.17, 15) is 14.7 Å². The van der Waals surface area contributed by atoms with Crippen molar-refractivity contribution in [3.05, 3.63) is 29.8 Å². The summed E-state index contributed by atoms with van der Waals surface area (Å²) < 4.78 is 0. The van der Waals surface area contributed by atoms with Crippen molar-refractivity contribution in [2.24, 2.45) is 5.73 Å². The van der Waals surface area contributed by atoms with Crippen molar-refractivity contribution in [1.82, 2.24) is 10.2 Å². The number of nitrogens with two attached hydrogens (primary N) is 1. The van der Waals surface area contributed by atoms with Crippen LogP contribution in [0.15, 0.2) is 24.3 Å². The molecule has 1 aliphatic rings. The molecule has 1 heterocycles. The molecular weight excluding hydrogens is 258 g/mol. The lowest BCUT2D eigenvalue weighted by atomic mass is 10.1. The highest BCUT2D eigenvalue weighted by molar-refractivity contribution is 5.85. The van der Waals surface area contributed by atoms with Gasteiger partial charge in [0.15, 0.2) is 0 Å². The first kappa shape index (κ1) is 14.3. The van der Waals surface area contributed by atoms with Crippen LogP contribution in [0.5, 0.6) is 5.75 Å². The molecule has 0 spiro atoms. The minimum Gasteiger partial charge on any atom is -0.508 e. The van der Waals surface area contributed by atoms with Crippen LogP contribution in [0.4, 0.5) is 0 Å². The molecule has 1 aromatic carbocycles. The van der Waals surface area contributed by atoms with Crippen molar-refractivity contribution in [1.29, 1.82) is 0 Å². The number of nitrogens with one attached hydrogen (secondary N) is 1. The van der Waals surface area contributed by atoms with Gasteiger partial charge in [-0.2, -0.15) is 0 Å². The van der Waals surface area contributed by atoms with E-state index < -0.39 is 5.91 Å². The molecule has 0 radical (unpaired) electrons. The molecule has 20 heavy (non-hydrogen) atoms. The standard InChI is InChI=1S/C14H19N3O3/c15-13(19)9-17(11-4-5-16-8-11)14(20)7-10-2-1-3-12(18)6-10/h1-3,6,11,16,18H,4-5,7-9H2,(H2,15,19). The van der Waals surface area contributed by atoms with Crippen LogP contribution in [0.25, 0.3) is 0 Å². The molecule has 1 atom stereocenters. The highest BCUT2D eigenvalue weighted by Crippen LogP contribution is 2.15. The van der Waals surface area contributed by atoms with Gasteiger partial charge in [-0.3, -0.25) is 9.59 Å². The Labute approximate surface area is 117 Å². The Balaban J connectivity index is 2.07. The summed E-state index contributed by atoms with van der Waals surface area (Å²) in [6, 6.07) is 6.57. The number of amides is 2. The Kier molecular flexibility index (Phi) is 4.57. The maximum atomic E-state index is 12.4. The summed E-state index contributed by atoms with van der Waals surface area (Å²) in [5.41, 5.74) is 5.94. The molecule has 1 fully saturated rings. The van der Waals surface area contributed by atoms with Gasteiger partial charge in [-0.05, 0) is 30.7 Å². The minimum atomic E-state index is -0.513. The third-order valence-electron chi connectivity index (χ3n) is 3.39. The summed E-state index contributed by atoms with van der Waals surface area (Å²) in [5.74, 6) is -0.538. The molecule has 0 aromatic heterocycles. The molecule has 1 saturated heterocycles. The van der Waals surface area contributed by atoms with E-state index in [0.29, 0.717) is 6.54 Å². The van der Waals surface area contributed by atoms with Crippen LogP contribution in [0.2, 0.25) is 0 Å². The van der Waals surface area contributed by atoms with E-state index in [4.69, 9.17) is 5.73 Å². The number of hydrogen-bond acceptors (Lipinski definition) is 4. The van der Waals surface area contributed by atoms with Crippen LogP contribution in [0.3, 0.4) is 0 Å². The Morgan fingerprint density at radius 2 is 2.25 bits per heavy atom. The average Bonchev–Trinajstić information content (AvgIpc) is 2.89. The third-order valence-corrected chi connectivity index (χ3v) is 3.39. The first-order valence-corrected chi connectivity index (χ1v) is 6.62. The zero-order valence-electron chi connectivity index (χ0n) is 11.2. The Bertz CT molecular complexity index is 498. The fourth-order valence-corrected chi connectivity index (χ4v) is 2.44. The van der Waals surface area contributed by atoms with Crippen LogP contribution in [-0.4, -0.2) is 47.5 Å². The van der Waals surface area contributed by atoms with Crippen LogP contribution in [0.1, 0.15) is 12.0 Å². The van der Waals surface area contributed by atoms with E-state index in [2.05, 4.69) is 5.32 Å². The second kappa shape index (κ2) is 6.38. The average molecular weight is 277 g/mol. The molecule has 6 heteroatoms. The van der Waals surface area contributed by atoms with Gasteiger partial charge in [0.05, 0.1) is 13.0 Å². The molecule has 108 valence electrons. The quantitative estimate of drug-likeness (QED) is 0.683. The van der Waals surface area contributed by atoms with E-state index in [-0.39, 0.29) is 30.7 Å². The Morgan fingerprint density at radius 3 is 2.85 bits per heavy atom. The number of carbonyl (C=O) groups excluding carboxylic acids is 2. The van der Waals surface area contributed by atoms with Crippen LogP contribution in [0, 0.1) is 0 Å². The molecule has 1 aliphatic heterocycles. The molecule has 1 aromatic rings. The summed E-state index contributed by atoms with van der Waals surface area (Å²) in [5, 5.41) is 12.6. The van der Waals surface area contributed by atoms with Gasteiger partial charge in [-0.15, -0.1) is 0 Å². The Morgan fingerprint density at radius 1 is 1.45 bits per heavy atom. The molecule has 0 saturated carbocycles. The molecule has 0 aliphatic carbocycles. The first-order valence-electron chi connectivity index (χ1n) is 6.62. The number of hydrogen-bond donors (Lipinski definition) is 3. The lowest BCUT2D eigenvalue weighted by Gasteiger charge is -2.27. The van der Waals surface area contributed by atoms with Crippen molar-refractivity contribution >= 4 is 11.8 Å². The number of aromatic hydroxyl groups is 1. The van der Waals surface area contributed by atoms with E-state index >= 15 is 0 Å². The van der Waals surface area contributed by atoms with E-state index in [1.807, 2.05) is 0 Å². The molecule has 6 nitrogen and oxygen atoms in total. The molecule has 1 unspecified atom stereocenters. The van der Waals surface area contributed by atoms with Crippen molar-refractivity contribution in [2.75, 3.05) is 19.6 Å². The predicted octanol–water partition coefficient (Wildman–Crippen LogP) is -0.389. The normalized spacial score (nSPS) is 17.9. The zero-order chi connectivity index (χ0) is 14.5. The highest BCUT2D eigenvalue weighted by atomic mass is 16.3. The summed E-state index contributed by atoms with van der Waals surface area (Å²) in [6.07, 6.45) is 0.969. The molecule has 0 bridgehead atoms. The fourth-order valence-electron chi connectivity index (χ4n) is 2.44. The number of carbonyl (C=O) groups is 2. The number of nitrogens with zero attached hydrogens (tertiary/aromatic N) is 1. The van der Waals surface area contributed by atoms with E-state index in [0.717, 1.165) is 18.5 Å². The number of benzene rings is 1. The van der Waals surface area contributed by atoms with Gasteiger partial charge in [0, 0.05) is 12.6 Å². The second-order valence-corrected chi connectivity index (χ2v) is 4.98. The summed E-state index contributed by atoms with van der Waals surface area (Å²) in [7, 11) is 0. The molecule has 2 rings (SSSR count). The second-order valence-electron chi connectivity index (χ2n) is 4.98. The number of phenols is 1. The van der Waals surface area contributed by atoms with Gasteiger partial charge >= 0.3 is 0 Å². The van der Waals surface area contributed by atoms with Crippen molar-refractivity contribution in [3.63, 3.8) is 0 Å². The maximum Gasteiger partial charge on any atom is 0.237 e. The third kappa shape index (κ3) is 3.71. The summed E-state index contributed by atoms with van der Waals surface area (Å²) in [6.45, 7) is 1.45. The van der Waals surface area contributed by atoms with E-state index in [1.54, 1.807) is 24.3 Å². The number of primary amides is 1. The topological polar surface area (TPSA) is 95.7 Å². The van der Waals surface area contributed by atoms with Crippen molar-refractivity contribution in [3.8, 4) is 5.75 Å². The van der Waals surface area contributed by atoms with Gasteiger partial charge in [0.25, 0.3) is 0 Å².